The maximum atomic E-state index is 10.2. The van der Waals surface area contributed by atoms with E-state index in [9.17, 15) is 10.2 Å². The number of hydrogen-bond donors (Lipinski definition) is 4. The van der Waals surface area contributed by atoms with E-state index in [0.717, 1.165) is 11.0 Å². The zero-order valence-corrected chi connectivity index (χ0v) is 11.4. The normalized spacial score (nSPS) is 16.9. The maximum Gasteiger partial charge on any atom is 0.212 e. The fraction of sp³-hybridized carbons (Fsp3) is 0.0667. The second kappa shape index (κ2) is 4.39. The molecule has 0 amide bonds. The molecule has 1 unspecified atom stereocenters. The number of rotatable bonds is 1. The lowest BCUT2D eigenvalue weighted by atomic mass is 10.1. The highest BCUT2D eigenvalue weighted by Crippen LogP contribution is 2.39. The number of hydrogen-bond acceptors (Lipinski definition) is 6. The van der Waals surface area contributed by atoms with E-state index in [1.54, 1.807) is 12.1 Å². The number of benzene rings is 2. The number of nitrogens with two attached hydrogens (primary N) is 1. The van der Waals surface area contributed by atoms with Gasteiger partial charge in [-0.3, -0.25) is 9.88 Å². The Kier molecular flexibility index (Phi) is 2.50. The van der Waals surface area contributed by atoms with Crippen molar-refractivity contribution in [3.63, 3.8) is 0 Å². The van der Waals surface area contributed by atoms with E-state index in [1.165, 1.54) is 6.07 Å². The second-order valence-corrected chi connectivity index (χ2v) is 5.02. The molecule has 5 N–H and O–H groups in total. The molecule has 4 rings (SSSR count). The molecule has 0 aliphatic carbocycles. The summed E-state index contributed by atoms with van der Waals surface area (Å²) >= 11 is 0. The van der Waals surface area contributed by atoms with Crippen LogP contribution in [-0.2, 0) is 0 Å². The van der Waals surface area contributed by atoms with Crippen LogP contribution in [0.5, 0.6) is 11.5 Å². The van der Waals surface area contributed by atoms with Gasteiger partial charge in [0.1, 0.15) is 0 Å². The van der Waals surface area contributed by atoms with Crippen molar-refractivity contribution in [2.45, 2.75) is 6.17 Å². The van der Waals surface area contributed by atoms with Gasteiger partial charge in [-0.2, -0.15) is 0 Å². The summed E-state index contributed by atoms with van der Waals surface area (Å²) in [6.07, 6.45) is -0.601. The van der Waals surface area contributed by atoms with E-state index in [-0.39, 0.29) is 17.5 Å². The first-order chi connectivity index (χ1) is 10.6. The van der Waals surface area contributed by atoms with Gasteiger partial charge in [0.15, 0.2) is 23.6 Å². The Labute approximate surface area is 125 Å². The van der Waals surface area contributed by atoms with Gasteiger partial charge >= 0.3 is 0 Å². The summed E-state index contributed by atoms with van der Waals surface area (Å²) in [5, 5.41) is 22.8. The predicted octanol–water partition coefficient (Wildman–Crippen LogP) is 1.73. The van der Waals surface area contributed by atoms with Gasteiger partial charge in [-0.05, 0) is 18.2 Å². The molecule has 0 saturated carbocycles. The Morgan fingerprint density at radius 1 is 1.09 bits per heavy atom. The maximum absolute atomic E-state index is 10.2. The molecule has 7 heteroatoms. The van der Waals surface area contributed by atoms with Gasteiger partial charge in [0.2, 0.25) is 5.95 Å². The number of phenolic OH excluding ortho intramolecular Hbond substituents is 2. The van der Waals surface area contributed by atoms with Crippen LogP contribution in [0.1, 0.15) is 11.7 Å². The molecule has 110 valence electrons. The number of imidazole rings is 1. The van der Waals surface area contributed by atoms with Gasteiger partial charge in [-0.15, -0.1) is 0 Å². The number of nitrogens with one attached hydrogen (secondary N) is 1. The van der Waals surface area contributed by atoms with Gasteiger partial charge in [0, 0.05) is 5.56 Å². The van der Waals surface area contributed by atoms with Crippen LogP contribution in [-0.4, -0.2) is 25.7 Å². The molecular formula is C15H13N5O2. The van der Waals surface area contributed by atoms with Crippen LogP contribution in [0.25, 0.3) is 11.0 Å². The van der Waals surface area contributed by atoms with Crippen LogP contribution >= 0.6 is 0 Å². The Morgan fingerprint density at radius 2 is 1.91 bits per heavy atom. The van der Waals surface area contributed by atoms with Crippen LogP contribution < -0.4 is 11.1 Å². The highest BCUT2D eigenvalue weighted by atomic mass is 16.3. The van der Waals surface area contributed by atoms with E-state index in [0.29, 0.717) is 11.5 Å². The molecule has 3 aromatic rings. The van der Waals surface area contributed by atoms with Gasteiger partial charge in [0.25, 0.3) is 0 Å². The number of anilines is 1. The van der Waals surface area contributed by atoms with E-state index in [2.05, 4.69) is 15.3 Å². The topological polar surface area (TPSA) is 109 Å². The number of phenols is 2. The summed E-state index contributed by atoms with van der Waals surface area (Å²) in [4.78, 5) is 8.83. The standard InChI is InChI=1S/C15H13N5O2/c16-14-18-13(8-4-3-7-11(21)12(8)22)20-10-6-2-1-5-9(10)17-15(20)19-14/h1-7,13,21-22H,(H3,16,17,18,19). The van der Waals surface area contributed by atoms with Crippen LogP contribution in [0.2, 0.25) is 0 Å². The van der Waals surface area contributed by atoms with Crippen molar-refractivity contribution in [1.82, 2.24) is 9.55 Å². The van der Waals surface area contributed by atoms with Gasteiger partial charge in [-0.25, -0.2) is 9.98 Å². The molecule has 0 bridgehead atoms. The van der Waals surface area contributed by atoms with E-state index in [1.807, 2.05) is 28.8 Å². The van der Waals surface area contributed by atoms with Gasteiger partial charge in [0.05, 0.1) is 11.0 Å². The third-order valence-corrected chi connectivity index (χ3v) is 3.67. The molecule has 1 aromatic heterocycles. The lowest BCUT2D eigenvalue weighted by molar-refractivity contribution is 0.393. The molecule has 0 saturated heterocycles. The fourth-order valence-corrected chi connectivity index (χ4v) is 2.68. The Balaban J connectivity index is 2.00. The lowest BCUT2D eigenvalue weighted by Gasteiger charge is -2.24. The summed E-state index contributed by atoms with van der Waals surface area (Å²) < 4.78 is 1.83. The molecule has 22 heavy (non-hydrogen) atoms. The number of fused-ring (bicyclic) bond motifs is 3. The van der Waals surface area contributed by atoms with Gasteiger partial charge < -0.3 is 15.9 Å². The van der Waals surface area contributed by atoms with Gasteiger partial charge in [-0.1, -0.05) is 24.3 Å². The zero-order valence-electron chi connectivity index (χ0n) is 11.4. The number of aliphatic imine (C=N–C) groups is 1. The average Bonchev–Trinajstić information content (AvgIpc) is 2.87. The minimum absolute atomic E-state index is 0.198. The van der Waals surface area contributed by atoms with Crippen LogP contribution in [0.3, 0.4) is 0 Å². The molecular weight excluding hydrogens is 282 g/mol. The van der Waals surface area contributed by atoms with E-state index >= 15 is 0 Å². The largest absolute Gasteiger partial charge is 0.504 e. The lowest BCUT2D eigenvalue weighted by Crippen LogP contribution is -2.31. The van der Waals surface area contributed by atoms with E-state index in [4.69, 9.17) is 5.73 Å². The third kappa shape index (κ3) is 1.69. The minimum atomic E-state index is -0.601. The Bertz CT molecular complexity index is 915. The molecule has 0 fully saturated rings. The summed E-state index contributed by atoms with van der Waals surface area (Å²) in [5.74, 6) is 0.336. The first-order valence-corrected chi connectivity index (χ1v) is 6.73. The zero-order chi connectivity index (χ0) is 15.3. The number of para-hydroxylation sites is 3. The van der Waals surface area contributed by atoms with Crippen molar-refractivity contribution < 1.29 is 10.2 Å². The molecule has 2 aromatic carbocycles. The SMILES string of the molecule is NC1=NC(c2cccc(O)c2O)n2c(nc3ccccc32)N1. The third-order valence-electron chi connectivity index (χ3n) is 3.67. The highest BCUT2D eigenvalue weighted by Gasteiger charge is 2.27. The fourth-order valence-electron chi connectivity index (χ4n) is 2.68. The first kappa shape index (κ1) is 12.5. The predicted molar refractivity (Wildman–Crippen MR) is 82.9 cm³/mol. The first-order valence-electron chi connectivity index (χ1n) is 6.73. The number of guanidine groups is 1. The number of aromatic nitrogens is 2. The van der Waals surface area contributed by atoms with Crippen molar-refractivity contribution >= 4 is 22.9 Å². The Morgan fingerprint density at radius 3 is 2.77 bits per heavy atom. The number of nitrogens with zero attached hydrogens (tertiary/aromatic N) is 3. The van der Waals surface area contributed by atoms with Crippen molar-refractivity contribution in [1.29, 1.82) is 0 Å². The van der Waals surface area contributed by atoms with E-state index < -0.39 is 6.17 Å². The van der Waals surface area contributed by atoms with Crippen LogP contribution in [0.15, 0.2) is 47.5 Å². The summed E-state index contributed by atoms with van der Waals surface area (Å²) in [5.41, 5.74) is 7.93. The number of aromatic hydroxyl groups is 2. The molecule has 1 atom stereocenters. The monoisotopic (exact) mass is 295 g/mol. The molecule has 0 radical (unpaired) electrons. The smallest absolute Gasteiger partial charge is 0.212 e. The summed E-state index contributed by atoms with van der Waals surface area (Å²) in [7, 11) is 0. The summed E-state index contributed by atoms with van der Waals surface area (Å²) in [6, 6.07) is 12.4. The molecule has 1 aliphatic heterocycles. The molecule has 2 heterocycles. The summed E-state index contributed by atoms with van der Waals surface area (Å²) in [6.45, 7) is 0. The molecule has 7 nitrogen and oxygen atoms in total. The van der Waals surface area contributed by atoms with Crippen molar-refractivity contribution in [3.05, 3.63) is 48.0 Å². The van der Waals surface area contributed by atoms with Crippen molar-refractivity contribution in [2.24, 2.45) is 10.7 Å². The Hall–Kier alpha value is -3.22. The second-order valence-electron chi connectivity index (χ2n) is 5.02. The minimum Gasteiger partial charge on any atom is -0.504 e. The van der Waals surface area contributed by atoms with Crippen molar-refractivity contribution in [3.8, 4) is 11.5 Å². The van der Waals surface area contributed by atoms with Crippen molar-refractivity contribution in [2.75, 3.05) is 5.32 Å². The van der Waals surface area contributed by atoms with Crippen LogP contribution in [0, 0.1) is 0 Å². The highest BCUT2D eigenvalue weighted by molar-refractivity contribution is 5.94. The quantitative estimate of drug-likeness (QED) is 0.511. The molecule has 1 aliphatic rings. The average molecular weight is 295 g/mol. The molecule has 0 spiro atoms. The van der Waals surface area contributed by atoms with Crippen LogP contribution in [0.4, 0.5) is 5.95 Å².